The first-order valence-electron chi connectivity index (χ1n) is 6.05. The summed E-state index contributed by atoms with van der Waals surface area (Å²) in [4.78, 5) is 11.9. The van der Waals surface area contributed by atoms with Gasteiger partial charge in [0, 0.05) is 16.1 Å². The van der Waals surface area contributed by atoms with Crippen molar-refractivity contribution < 1.29 is 9.90 Å². The summed E-state index contributed by atoms with van der Waals surface area (Å²) in [7, 11) is 0. The summed E-state index contributed by atoms with van der Waals surface area (Å²) in [6, 6.07) is 10.0. The number of carbonyl (C=O) groups is 1. The van der Waals surface area contributed by atoms with Crippen LogP contribution in [0, 0.1) is 6.92 Å². The van der Waals surface area contributed by atoms with E-state index in [2.05, 4.69) is 10.5 Å². The van der Waals surface area contributed by atoms with Crippen LogP contribution < -0.4 is 5.43 Å². The lowest BCUT2D eigenvalue weighted by Gasteiger charge is -2.03. The molecule has 2 N–H and O–H groups in total. The maximum absolute atomic E-state index is 11.9. The molecule has 0 spiro atoms. The number of aryl methyl sites for hydroxylation is 1. The Morgan fingerprint density at radius 1 is 1.29 bits per heavy atom. The summed E-state index contributed by atoms with van der Waals surface area (Å²) < 4.78 is 0. The highest BCUT2D eigenvalue weighted by atomic mass is 35.5. The number of nitrogens with zero attached hydrogens (tertiary/aromatic N) is 1. The lowest BCUT2D eigenvalue weighted by atomic mass is 10.1. The normalized spacial score (nSPS) is 10.8. The molecule has 0 aliphatic rings. The summed E-state index contributed by atoms with van der Waals surface area (Å²) in [5.74, 6) is -0.489. The van der Waals surface area contributed by atoms with Gasteiger partial charge < -0.3 is 5.11 Å². The van der Waals surface area contributed by atoms with E-state index in [0.717, 1.165) is 5.56 Å². The second kappa shape index (κ2) is 6.61. The van der Waals surface area contributed by atoms with Crippen LogP contribution in [0.3, 0.4) is 0 Å². The number of aromatic hydroxyl groups is 1. The van der Waals surface area contributed by atoms with Gasteiger partial charge in [-0.25, -0.2) is 5.43 Å². The van der Waals surface area contributed by atoms with Crippen molar-refractivity contribution in [2.24, 2.45) is 5.10 Å². The third-order valence-electron chi connectivity index (χ3n) is 2.71. The van der Waals surface area contributed by atoms with Crippen molar-refractivity contribution in [3.05, 3.63) is 63.1 Å². The van der Waals surface area contributed by atoms with Crippen molar-refractivity contribution in [2.45, 2.75) is 6.92 Å². The smallest absolute Gasteiger partial charge is 0.271 e. The highest BCUT2D eigenvalue weighted by molar-refractivity contribution is 6.36. The molecule has 0 saturated heterocycles. The minimum atomic E-state index is -0.345. The van der Waals surface area contributed by atoms with Crippen LogP contribution in [-0.4, -0.2) is 17.2 Å². The van der Waals surface area contributed by atoms with Crippen LogP contribution in [0.4, 0.5) is 0 Å². The Bertz CT molecular complexity index is 715. The zero-order valence-corrected chi connectivity index (χ0v) is 12.6. The summed E-state index contributed by atoms with van der Waals surface area (Å²) in [5.41, 5.74) is 4.17. The number of halogens is 2. The number of hydrogen-bond donors (Lipinski definition) is 2. The molecule has 2 aromatic rings. The van der Waals surface area contributed by atoms with Crippen molar-refractivity contribution in [1.29, 1.82) is 0 Å². The third kappa shape index (κ3) is 3.97. The van der Waals surface area contributed by atoms with Crippen molar-refractivity contribution in [1.82, 2.24) is 5.43 Å². The minimum Gasteiger partial charge on any atom is -0.506 e. The average molecular weight is 323 g/mol. The Kier molecular flexibility index (Phi) is 4.83. The van der Waals surface area contributed by atoms with Crippen LogP contribution in [0.1, 0.15) is 21.5 Å². The van der Waals surface area contributed by atoms with E-state index in [1.807, 2.05) is 13.0 Å². The van der Waals surface area contributed by atoms with Crippen LogP contribution in [0.15, 0.2) is 41.5 Å². The Balaban J connectivity index is 2.11. The zero-order valence-electron chi connectivity index (χ0n) is 11.1. The topological polar surface area (TPSA) is 61.7 Å². The van der Waals surface area contributed by atoms with Gasteiger partial charge in [0.25, 0.3) is 5.91 Å². The van der Waals surface area contributed by atoms with Gasteiger partial charge in [0.2, 0.25) is 0 Å². The number of nitrogens with one attached hydrogen (secondary N) is 1. The fraction of sp³-hybridized carbons (Fsp3) is 0.0667. The monoisotopic (exact) mass is 322 g/mol. The molecule has 0 heterocycles. The van der Waals surface area contributed by atoms with E-state index in [1.165, 1.54) is 18.3 Å². The van der Waals surface area contributed by atoms with Gasteiger partial charge in [0.1, 0.15) is 5.75 Å². The molecule has 0 aliphatic carbocycles. The van der Waals surface area contributed by atoms with Gasteiger partial charge in [0.05, 0.1) is 11.2 Å². The molecule has 0 saturated carbocycles. The third-order valence-corrected chi connectivity index (χ3v) is 3.21. The van der Waals surface area contributed by atoms with E-state index in [4.69, 9.17) is 23.2 Å². The molecule has 0 unspecified atom stereocenters. The minimum absolute atomic E-state index is 0.119. The molecule has 0 aliphatic heterocycles. The SMILES string of the molecule is Cc1cccc(C(=O)NN=Cc2cc(Cl)cc(Cl)c2O)c1. The van der Waals surface area contributed by atoms with Crippen LogP contribution in [0.25, 0.3) is 0 Å². The standard InChI is InChI=1S/C15H12Cl2N2O2/c1-9-3-2-4-10(5-9)15(21)19-18-8-11-6-12(16)7-13(17)14(11)20/h2-8,20H,1H3,(H,19,21). The molecule has 0 atom stereocenters. The van der Waals surface area contributed by atoms with Crippen molar-refractivity contribution >= 4 is 35.3 Å². The van der Waals surface area contributed by atoms with Crippen LogP contribution in [-0.2, 0) is 0 Å². The first-order chi connectivity index (χ1) is 9.97. The van der Waals surface area contributed by atoms with Crippen molar-refractivity contribution in [2.75, 3.05) is 0 Å². The van der Waals surface area contributed by atoms with Crippen molar-refractivity contribution in [3.8, 4) is 5.75 Å². The molecule has 0 aromatic heterocycles. The molecule has 2 rings (SSSR count). The van der Waals surface area contributed by atoms with Gasteiger partial charge in [-0.3, -0.25) is 4.79 Å². The fourth-order valence-electron chi connectivity index (χ4n) is 1.70. The van der Waals surface area contributed by atoms with E-state index in [0.29, 0.717) is 16.1 Å². The van der Waals surface area contributed by atoms with E-state index in [1.54, 1.807) is 18.2 Å². The number of benzene rings is 2. The molecule has 2 aromatic carbocycles. The number of phenols is 1. The number of hydrazone groups is 1. The predicted octanol–water partition coefficient (Wildman–Crippen LogP) is 3.77. The summed E-state index contributed by atoms with van der Waals surface area (Å²) in [6.45, 7) is 1.89. The number of hydrogen-bond acceptors (Lipinski definition) is 3. The molecule has 1 amide bonds. The molecule has 108 valence electrons. The Labute approximate surface area is 132 Å². The van der Waals surface area contributed by atoms with E-state index in [9.17, 15) is 9.90 Å². The number of rotatable bonds is 3. The number of phenolic OH excluding ortho intramolecular Hbond substituents is 1. The molecule has 0 bridgehead atoms. The average Bonchev–Trinajstić information content (AvgIpc) is 2.43. The first-order valence-corrected chi connectivity index (χ1v) is 6.81. The Morgan fingerprint density at radius 2 is 2.05 bits per heavy atom. The second-order valence-corrected chi connectivity index (χ2v) is 5.24. The Morgan fingerprint density at radius 3 is 2.76 bits per heavy atom. The molecule has 6 heteroatoms. The first kappa shape index (κ1) is 15.4. The predicted molar refractivity (Wildman–Crippen MR) is 84.4 cm³/mol. The largest absolute Gasteiger partial charge is 0.506 e. The molecule has 0 radical (unpaired) electrons. The quantitative estimate of drug-likeness (QED) is 0.667. The molecule has 0 fully saturated rings. The van der Waals surface area contributed by atoms with E-state index in [-0.39, 0.29) is 16.7 Å². The summed E-state index contributed by atoms with van der Waals surface area (Å²) in [6.07, 6.45) is 1.28. The lowest BCUT2D eigenvalue weighted by molar-refractivity contribution is 0.0955. The van der Waals surface area contributed by atoms with Gasteiger partial charge in [-0.1, -0.05) is 40.9 Å². The summed E-state index contributed by atoms with van der Waals surface area (Å²) in [5, 5.41) is 14.0. The van der Waals surface area contributed by atoms with Crippen molar-refractivity contribution in [3.63, 3.8) is 0 Å². The number of carbonyl (C=O) groups excluding carboxylic acids is 1. The van der Waals surface area contributed by atoms with E-state index >= 15 is 0 Å². The highest BCUT2D eigenvalue weighted by Gasteiger charge is 2.07. The van der Waals surface area contributed by atoms with Gasteiger partial charge in [-0.2, -0.15) is 5.10 Å². The molecule has 4 nitrogen and oxygen atoms in total. The molecular weight excluding hydrogens is 311 g/mol. The van der Waals surface area contributed by atoms with Gasteiger partial charge in [-0.05, 0) is 31.2 Å². The Hall–Kier alpha value is -2.04. The highest BCUT2D eigenvalue weighted by Crippen LogP contribution is 2.29. The van der Waals surface area contributed by atoms with Gasteiger partial charge >= 0.3 is 0 Å². The fourth-order valence-corrected chi connectivity index (χ4v) is 2.20. The van der Waals surface area contributed by atoms with E-state index < -0.39 is 0 Å². The maximum Gasteiger partial charge on any atom is 0.271 e. The van der Waals surface area contributed by atoms with Crippen LogP contribution in [0.2, 0.25) is 10.0 Å². The summed E-state index contributed by atoms with van der Waals surface area (Å²) >= 11 is 11.6. The number of amides is 1. The maximum atomic E-state index is 11.9. The van der Waals surface area contributed by atoms with Gasteiger partial charge in [-0.15, -0.1) is 0 Å². The second-order valence-electron chi connectivity index (χ2n) is 4.39. The van der Waals surface area contributed by atoms with Gasteiger partial charge in [0.15, 0.2) is 0 Å². The van der Waals surface area contributed by atoms with Crippen LogP contribution in [0.5, 0.6) is 5.75 Å². The molecule has 21 heavy (non-hydrogen) atoms. The molecular formula is C15H12Cl2N2O2. The lowest BCUT2D eigenvalue weighted by Crippen LogP contribution is -2.17. The zero-order chi connectivity index (χ0) is 15.4. The van der Waals surface area contributed by atoms with Crippen LogP contribution >= 0.6 is 23.2 Å².